The summed E-state index contributed by atoms with van der Waals surface area (Å²) >= 11 is 12.8. The Labute approximate surface area is 210 Å². The van der Waals surface area contributed by atoms with E-state index in [1.165, 1.54) is 13.2 Å². The van der Waals surface area contributed by atoms with Gasteiger partial charge in [0, 0.05) is 5.56 Å². The van der Waals surface area contributed by atoms with Gasteiger partial charge in [0.25, 0.3) is 11.1 Å². The maximum Gasteiger partial charge on any atom is 0.293 e. The Bertz CT molecular complexity index is 1300. The van der Waals surface area contributed by atoms with Crippen molar-refractivity contribution < 1.29 is 23.5 Å². The molecule has 4 rings (SSSR count). The van der Waals surface area contributed by atoms with Crippen molar-refractivity contribution in [2.24, 2.45) is 0 Å². The van der Waals surface area contributed by atoms with Gasteiger partial charge in [-0.2, -0.15) is 0 Å². The van der Waals surface area contributed by atoms with E-state index in [2.05, 4.69) is 0 Å². The molecule has 0 aliphatic carbocycles. The van der Waals surface area contributed by atoms with Crippen LogP contribution in [0.4, 0.5) is 9.18 Å². The van der Waals surface area contributed by atoms with Crippen LogP contribution in [0.3, 0.4) is 0 Å². The van der Waals surface area contributed by atoms with Gasteiger partial charge in [-0.1, -0.05) is 53.5 Å². The molecule has 174 valence electrons. The lowest BCUT2D eigenvalue weighted by molar-refractivity contribution is -0.123. The summed E-state index contributed by atoms with van der Waals surface area (Å²) in [5.74, 6) is 0.0883. The number of methoxy groups -OCH3 is 1. The summed E-state index contributed by atoms with van der Waals surface area (Å²) in [4.78, 5) is 26.8. The second-order valence-corrected chi connectivity index (χ2v) is 9.11. The summed E-state index contributed by atoms with van der Waals surface area (Å²) in [7, 11) is 1.49. The first-order chi connectivity index (χ1) is 16.4. The highest BCUT2D eigenvalue weighted by Gasteiger charge is 2.35. The molecule has 1 fully saturated rings. The lowest BCUT2D eigenvalue weighted by Gasteiger charge is -2.13. The van der Waals surface area contributed by atoms with Crippen LogP contribution in [0, 0.1) is 5.82 Å². The van der Waals surface area contributed by atoms with Crippen molar-refractivity contribution in [3.05, 3.63) is 98.1 Å². The van der Waals surface area contributed by atoms with Crippen molar-refractivity contribution in [1.29, 1.82) is 0 Å². The maximum atomic E-state index is 13.8. The number of halogens is 3. The zero-order valence-electron chi connectivity index (χ0n) is 17.9. The Hall–Kier alpha value is -3.00. The van der Waals surface area contributed by atoms with Gasteiger partial charge in [0.15, 0.2) is 11.5 Å². The molecule has 1 aliphatic heterocycles. The summed E-state index contributed by atoms with van der Waals surface area (Å²) in [6.45, 7) is 0.126. The molecule has 3 aromatic carbocycles. The molecule has 5 nitrogen and oxygen atoms in total. The van der Waals surface area contributed by atoms with Crippen molar-refractivity contribution in [3.63, 3.8) is 0 Å². The first-order valence-electron chi connectivity index (χ1n) is 10.1. The standard InChI is InChI=1S/C25H18Cl2FNO4S/c1-32-22-11-15(7-9-21(22)33-14-17-4-2-3-5-20(17)28)12-23-24(30)29(25(31)34-23)13-16-6-8-18(26)19(27)10-16/h2-12H,13-14H2,1H3/b23-12+. The van der Waals surface area contributed by atoms with Crippen LogP contribution in [0.1, 0.15) is 16.7 Å². The molecule has 0 spiro atoms. The molecule has 0 unspecified atom stereocenters. The van der Waals surface area contributed by atoms with E-state index in [9.17, 15) is 14.0 Å². The second kappa shape index (κ2) is 10.5. The highest BCUT2D eigenvalue weighted by Crippen LogP contribution is 2.36. The van der Waals surface area contributed by atoms with Gasteiger partial charge in [0.05, 0.1) is 28.6 Å². The number of carbonyl (C=O) groups excluding carboxylic acids is 2. The third-order valence-electron chi connectivity index (χ3n) is 5.02. The predicted molar refractivity (Wildman–Crippen MR) is 132 cm³/mol. The van der Waals surface area contributed by atoms with Crippen LogP contribution in [0.2, 0.25) is 10.0 Å². The number of benzene rings is 3. The molecule has 0 aromatic heterocycles. The van der Waals surface area contributed by atoms with E-state index in [-0.39, 0.29) is 29.1 Å². The van der Waals surface area contributed by atoms with E-state index in [1.54, 1.807) is 60.7 Å². The highest BCUT2D eigenvalue weighted by molar-refractivity contribution is 8.18. The van der Waals surface area contributed by atoms with Crippen molar-refractivity contribution in [2.75, 3.05) is 7.11 Å². The molecule has 0 bridgehead atoms. The van der Waals surface area contributed by atoms with Gasteiger partial charge in [-0.05, 0) is 59.3 Å². The number of rotatable bonds is 7. The van der Waals surface area contributed by atoms with Gasteiger partial charge in [-0.3, -0.25) is 14.5 Å². The van der Waals surface area contributed by atoms with Crippen molar-refractivity contribution in [2.45, 2.75) is 13.2 Å². The van der Waals surface area contributed by atoms with Gasteiger partial charge in [-0.25, -0.2) is 4.39 Å². The topological polar surface area (TPSA) is 55.8 Å². The lowest BCUT2D eigenvalue weighted by atomic mass is 10.1. The highest BCUT2D eigenvalue weighted by atomic mass is 35.5. The first-order valence-corrected chi connectivity index (χ1v) is 11.7. The smallest absolute Gasteiger partial charge is 0.293 e. The van der Waals surface area contributed by atoms with Crippen LogP contribution in [0.15, 0.2) is 65.6 Å². The molecule has 1 aliphatic rings. The summed E-state index contributed by atoms with van der Waals surface area (Å²) in [6, 6.07) is 16.4. The number of ether oxygens (including phenoxy) is 2. The molecule has 0 atom stereocenters. The summed E-state index contributed by atoms with van der Waals surface area (Å²) in [5.41, 5.74) is 1.76. The van der Waals surface area contributed by atoms with Crippen molar-refractivity contribution in [1.82, 2.24) is 4.90 Å². The summed E-state index contributed by atoms with van der Waals surface area (Å²) in [6.07, 6.45) is 1.61. The fourth-order valence-electron chi connectivity index (χ4n) is 3.27. The molecular weight excluding hydrogens is 500 g/mol. The Morgan fingerprint density at radius 3 is 2.53 bits per heavy atom. The van der Waals surface area contributed by atoms with E-state index in [4.69, 9.17) is 32.7 Å². The van der Waals surface area contributed by atoms with Crippen LogP contribution in [0.5, 0.6) is 11.5 Å². The van der Waals surface area contributed by atoms with Crippen LogP contribution >= 0.6 is 35.0 Å². The number of amides is 2. The Morgan fingerprint density at radius 2 is 1.79 bits per heavy atom. The lowest BCUT2D eigenvalue weighted by Crippen LogP contribution is -2.27. The molecule has 0 radical (unpaired) electrons. The zero-order valence-corrected chi connectivity index (χ0v) is 20.2. The summed E-state index contributed by atoms with van der Waals surface area (Å²) in [5, 5.41) is 0.375. The fourth-order valence-corrected chi connectivity index (χ4v) is 4.43. The Kier molecular flexibility index (Phi) is 7.46. The monoisotopic (exact) mass is 517 g/mol. The van der Waals surface area contributed by atoms with Gasteiger partial charge in [0.2, 0.25) is 0 Å². The SMILES string of the molecule is COc1cc(/C=C2/SC(=O)N(Cc3ccc(Cl)c(Cl)c3)C2=O)ccc1OCc1ccccc1F. The third kappa shape index (κ3) is 5.38. The van der Waals surface area contributed by atoms with Crippen molar-refractivity contribution >= 4 is 52.2 Å². The zero-order chi connectivity index (χ0) is 24.2. The molecule has 3 aromatic rings. The average Bonchev–Trinajstić information content (AvgIpc) is 3.08. The van der Waals surface area contributed by atoms with Crippen LogP contribution in [-0.4, -0.2) is 23.2 Å². The van der Waals surface area contributed by atoms with Crippen LogP contribution in [-0.2, 0) is 17.9 Å². The predicted octanol–water partition coefficient (Wildman–Crippen LogP) is 6.96. The van der Waals surface area contributed by atoms with Gasteiger partial charge < -0.3 is 9.47 Å². The van der Waals surface area contributed by atoms with E-state index in [0.29, 0.717) is 38.2 Å². The normalized spacial score (nSPS) is 14.7. The number of nitrogens with zero attached hydrogens (tertiary/aromatic N) is 1. The Balaban J connectivity index is 1.49. The number of carbonyl (C=O) groups is 2. The third-order valence-corrected chi connectivity index (χ3v) is 6.67. The maximum absolute atomic E-state index is 13.8. The van der Waals surface area contributed by atoms with E-state index >= 15 is 0 Å². The molecule has 0 N–H and O–H groups in total. The van der Waals surface area contributed by atoms with Crippen LogP contribution in [0.25, 0.3) is 6.08 Å². The average molecular weight is 518 g/mol. The summed E-state index contributed by atoms with van der Waals surface area (Å²) < 4.78 is 25.0. The molecule has 2 amide bonds. The van der Waals surface area contributed by atoms with Gasteiger partial charge in [-0.15, -0.1) is 0 Å². The molecule has 34 heavy (non-hydrogen) atoms. The molecule has 0 saturated carbocycles. The molecule has 9 heteroatoms. The first kappa shape index (κ1) is 24.1. The van der Waals surface area contributed by atoms with E-state index < -0.39 is 5.91 Å². The largest absolute Gasteiger partial charge is 0.493 e. The Morgan fingerprint density at radius 1 is 1.00 bits per heavy atom. The number of hydrogen-bond donors (Lipinski definition) is 0. The van der Waals surface area contributed by atoms with Gasteiger partial charge in [0.1, 0.15) is 12.4 Å². The van der Waals surface area contributed by atoms with Crippen molar-refractivity contribution in [3.8, 4) is 11.5 Å². The van der Waals surface area contributed by atoms with E-state index in [1.807, 2.05) is 0 Å². The number of hydrogen-bond acceptors (Lipinski definition) is 5. The van der Waals surface area contributed by atoms with Crippen LogP contribution < -0.4 is 9.47 Å². The number of imide groups is 1. The van der Waals surface area contributed by atoms with E-state index in [0.717, 1.165) is 16.7 Å². The second-order valence-electron chi connectivity index (χ2n) is 7.31. The minimum absolute atomic E-state index is 0.0377. The quantitative estimate of drug-likeness (QED) is 0.317. The molecular formula is C25H18Cl2FNO4S. The minimum Gasteiger partial charge on any atom is -0.493 e. The number of thioether (sulfide) groups is 1. The molecule has 1 saturated heterocycles. The minimum atomic E-state index is -0.403. The fraction of sp³-hybridized carbons (Fsp3) is 0.120. The molecule has 1 heterocycles. The van der Waals surface area contributed by atoms with Gasteiger partial charge >= 0.3 is 0 Å².